The Morgan fingerprint density at radius 2 is 1.76 bits per heavy atom. The number of nitrogens with two attached hydrogens (primary N) is 1. The third-order valence-electron chi connectivity index (χ3n) is 2.93. The number of anilines is 1. The van der Waals surface area contributed by atoms with Gasteiger partial charge in [-0.1, -0.05) is 42.5 Å². The number of nitrogens with one attached hydrogen (secondary N) is 1. The number of hydrogen-bond acceptors (Lipinski definition) is 2. The Labute approximate surface area is 125 Å². The summed E-state index contributed by atoms with van der Waals surface area (Å²) in [6, 6.07) is 13.2. The molecule has 0 atom stereocenters. The molecule has 2 aromatic carbocycles. The van der Waals surface area contributed by atoms with Gasteiger partial charge in [0.25, 0.3) is 0 Å². The molecule has 0 heterocycles. The first-order chi connectivity index (χ1) is 9.88. The zero-order valence-corrected chi connectivity index (χ0v) is 11.8. The molecule has 0 bridgehead atoms. The highest BCUT2D eigenvalue weighted by atomic mass is 32.1. The van der Waals surface area contributed by atoms with E-state index < -0.39 is 11.7 Å². The number of benzene rings is 2. The lowest BCUT2D eigenvalue weighted by Gasteiger charge is -2.14. The second kappa shape index (κ2) is 6.13. The van der Waals surface area contributed by atoms with Crippen LogP contribution in [0.3, 0.4) is 0 Å². The number of thiocarbonyl (C=S) groups is 1. The molecular weight excluding hydrogens is 297 g/mol. The van der Waals surface area contributed by atoms with Crippen molar-refractivity contribution in [1.82, 2.24) is 0 Å². The van der Waals surface area contributed by atoms with Crippen molar-refractivity contribution in [3.63, 3.8) is 0 Å². The van der Waals surface area contributed by atoms with Crippen LogP contribution in [0.5, 0.6) is 0 Å². The topological polar surface area (TPSA) is 38.0 Å². The van der Waals surface area contributed by atoms with Gasteiger partial charge in [0.15, 0.2) is 0 Å². The Morgan fingerprint density at radius 1 is 1.10 bits per heavy atom. The molecule has 2 rings (SSSR count). The molecule has 0 aromatic heterocycles. The first kappa shape index (κ1) is 15.3. The quantitative estimate of drug-likeness (QED) is 0.840. The first-order valence-corrected chi connectivity index (χ1v) is 6.57. The third kappa shape index (κ3) is 3.95. The summed E-state index contributed by atoms with van der Waals surface area (Å²) in [5.41, 5.74) is 5.96. The molecule has 0 aliphatic carbocycles. The average molecular weight is 310 g/mol. The van der Waals surface area contributed by atoms with E-state index in [-0.39, 0.29) is 10.6 Å². The van der Waals surface area contributed by atoms with Crippen LogP contribution in [0.4, 0.5) is 18.9 Å². The SMILES string of the molecule is NC(=S)c1cc(NCc2ccccc2)ccc1C(F)(F)F. The van der Waals surface area contributed by atoms with Crippen molar-refractivity contribution in [2.45, 2.75) is 12.7 Å². The van der Waals surface area contributed by atoms with Gasteiger partial charge in [0.05, 0.1) is 5.56 Å². The fourth-order valence-corrected chi connectivity index (χ4v) is 2.07. The highest BCUT2D eigenvalue weighted by Crippen LogP contribution is 2.33. The Hall–Kier alpha value is -2.08. The Bertz CT molecular complexity index is 639. The fraction of sp³-hybridized carbons (Fsp3) is 0.133. The standard InChI is InChI=1S/C15H13F3N2S/c16-15(17,18)13-7-6-11(8-12(13)14(19)21)20-9-10-4-2-1-3-5-10/h1-8,20H,9H2,(H2,19,21). The molecule has 2 aromatic rings. The highest BCUT2D eigenvalue weighted by Gasteiger charge is 2.33. The lowest BCUT2D eigenvalue weighted by atomic mass is 10.1. The van der Waals surface area contributed by atoms with Gasteiger partial charge < -0.3 is 11.1 Å². The van der Waals surface area contributed by atoms with Crippen LogP contribution in [0, 0.1) is 0 Å². The van der Waals surface area contributed by atoms with Gasteiger partial charge >= 0.3 is 6.18 Å². The van der Waals surface area contributed by atoms with Crippen molar-refractivity contribution in [1.29, 1.82) is 0 Å². The largest absolute Gasteiger partial charge is 0.417 e. The third-order valence-corrected chi connectivity index (χ3v) is 3.15. The van der Waals surface area contributed by atoms with Crippen molar-refractivity contribution in [3.05, 3.63) is 65.2 Å². The minimum atomic E-state index is -4.48. The van der Waals surface area contributed by atoms with Gasteiger partial charge in [-0.25, -0.2) is 0 Å². The predicted molar refractivity (Wildman–Crippen MR) is 81.1 cm³/mol. The second-order valence-corrected chi connectivity index (χ2v) is 4.90. The molecule has 0 fully saturated rings. The summed E-state index contributed by atoms with van der Waals surface area (Å²) in [5.74, 6) is 0. The van der Waals surface area contributed by atoms with Crippen LogP contribution in [-0.2, 0) is 12.7 Å². The molecular formula is C15H13F3N2S. The maximum Gasteiger partial charge on any atom is 0.417 e. The van der Waals surface area contributed by atoms with Crippen LogP contribution < -0.4 is 11.1 Å². The molecule has 0 unspecified atom stereocenters. The van der Waals surface area contributed by atoms with E-state index in [0.717, 1.165) is 11.6 Å². The van der Waals surface area contributed by atoms with Crippen LogP contribution in [0.2, 0.25) is 0 Å². The van der Waals surface area contributed by atoms with E-state index in [0.29, 0.717) is 12.2 Å². The Balaban J connectivity index is 2.22. The monoisotopic (exact) mass is 310 g/mol. The van der Waals surface area contributed by atoms with Gasteiger partial charge in [-0.2, -0.15) is 13.2 Å². The summed E-state index contributed by atoms with van der Waals surface area (Å²) in [6.45, 7) is 0.503. The van der Waals surface area contributed by atoms with Gasteiger partial charge in [-0.15, -0.1) is 0 Å². The molecule has 110 valence electrons. The van der Waals surface area contributed by atoms with E-state index in [1.165, 1.54) is 12.1 Å². The van der Waals surface area contributed by atoms with Crippen LogP contribution in [0.15, 0.2) is 48.5 Å². The van der Waals surface area contributed by atoms with Gasteiger partial charge in [-0.3, -0.25) is 0 Å². The van der Waals surface area contributed by atoms with E-state index in [4.69, 9.17) is 18.0 Å². The molecule has 0 spiro atoms. The van der Waals surface area contributed by atoms with E-state index >= 15 is 0 Å². The van der Waals surface area contributed by atoms with Crippen molar-refractivity contribution >= 4 is 22.9 Å². The number of halogens is 3. The van der Waals surface area contributed by atoms with Gasteiger partial charge in [0, 0.05) is 17.8 Å². The summed E-state index contributed by atoms with van der Waals surface area (Å²) in [4.78, 5) is -0.273. The van der Waals surface area contributed by atoms with Gasteiger partial charge in [-0.05, 0) is 23.8 Å². The molecule has 0 saturated heterocycles. The molecule has 6 heteroatoms. The smallest absolute Gasteiger partial charge is 0.389 e. The van der Waals surface area contributed by atoms with Crippen LogP contribution >= 0.6 is 12.2 Å². The molecule has 2 nitrogen and oxygen atoms in total. The molecule has 0 saturated carbocycles. The van der Waals surface area contributed by atoms with Crippen LogP contribution in [0.1, 0.15) is 16.7 Å². The van der Waals surface area contributed by atoms with Gasteiger partial charge in [0.1, 0.15) is 4.99 Å². The predicted octanol–water partition coefficient (Wildman–Crippen LogP) is 3.95. The van der Waals surface area contributed by atoms with E-state index in [1.54, 1.807) is 0 Å². The number of hydrogen-bond donors (Lipinski definition) is 2. The van der Waals surface area contributed by atoms with E-state index in [1.807, 2.05) is 30.3 Å². The minimum absolute atomic E-state index is 0.171. The van der Waals surface area contributed by atoms with E-state index in [2.05, 4.69) is 5.32 Å². The van der Waals surface area contributed by atoms with Crippen molar-refractivity contribution in [2.75, 3.05) is 5.32 Å². The first-order valence-electron chi connectivity index (χ1n) is 6.17. The summed E-state index contributed by atoms with van der Waals surface area (Å²) >= 11 is 4.71. The normalized spacial score (nSPS) is 11.2. The molecule has 0 aliphatic rings. The zero-order valence-electron chi connectivity index (χ0n) is 10.9. The van der Waals surface area contributed by atoms with E-state index in [9.17, 15) is 13.2 Å². The highest BCUT2D eigenvalue weighted by molar-refractivity contribution is 7.80. The lowest BCUT2D eigenvalue weighted by molar-refractivity contribution is -0.137. The summed E-state index contributed by atoms with van der Waals surface area (Å²) in [5, 5.41) is 3.05. The summed E-state index contributed by atoms with van der Waals surface area (Å²) in [7, 11) is 0. The molecule has 0 radical (unpaired) electrons. The number of rotatable bonds is 4. The average Bonchev–Trinajstić information content (AvgIpc) is 2.45. The van der Waals surface area contributed by atoms with Gasteiger partial charge in [0.2, 0.25) is 0 Å². The fourth-order valence-electron chi connectivity index (χ4n) is 1.91. The van der Waals surface area contributed by atoms with Crippen molar-refractivity contribution in [3.8, 4) is 0 Å². The Kier molecular flexibility index (Phi) is 4.47. The second-order valence-electron chi connectivity index (χ2n) is 4.46. The minimum Gasteiger partial charge on any atom is -0.389 e. The maximum atomic E-state index is 12.9. The summed E-state index contributed by atoms with van der Waals surface area (Å²) in [6.07, 6.45) is -4.48. The van der Waals surface area contributed by atoms with Crippen LogP contribution in [0.25, 0.3) is 0 Å². The Morgan fingerprint density at radius 3 is 2.33 bits per heavy atom. The maximum absolute atomic E-state index is 12.9. The number of alkyl halides is 3. The van der Waals surface area contributed by atoms with Crippen molar-refractivity contribution < 1.29 is 13.2 Å². The van der Waals surface area contributed by atoms with Crippen molar-refractivity contribution in [2.24, 2.45) is 5.73 Å². The molecule has 0 amide bonds. The van der Waals surface area contributed by atoms with Crippen LogP contribution in [-0.4, -0.2) is 4.99 Å². The lowest BCUT2D eigenvalue weighted by Crippen LogP contribution is -2.18. The molecule has 3 N–H and O–H groups in total. The molecule has 0 aliphatic heterocycles. The zero-order chi connectivity index (χ0) is 15.5. The molecule has 21 heavy (non-hydrogen) atoms. The summed E-state index contributed by atoms with van der Waals surface area (Å²) < 4.78 is 38.6.